The van der Waals surface area contributed by atoms with Crippen LogP contribution in [-0.4, -0.2) is 31.1 Å². The number of carbonyl (C=O) groups excluding carboxylic acids is 1. The first-order chi connectivity index (χ1) is 12.9. The van der Waals surface area contributed by atoms with Gasteiger partial charge in [0.25, 0.3) is 0 Å². The lowest BCUT2D eigenvalue weighted by atomic mass is 10.0. The van der Waals surface area contributed by atoms with Gasteiger partial charge in [-0.05, 0) is 48.2 Å². The van der Waals surface area contributed by atoms with Gasteiger partial charge in [-0.25, -0.2) is 13.2 Å². The third-order valence-electron chi connectivity index (χ3n) is 4.42. The maximum absolute atomic E-state index is 12.3. The SMILES string of the molecule is CCCS(=O)(=O)N1CCc2ccc(NC(=O)Nc3ccccc3Cl)cc2C1. The van der Waals surface area contributed by atoms with E-state index in [1.807, 2.05) is 25.1 Å². The van der Waals surface area contributed by atoms with Crippen LogP contribution in [0.3, 0.4) is 0 Å². The van der Waals surface area contributed by atoms with Gasteiger partial charge in [-0.3, -0.25) is 0 Å². The summed E-state index contributed by atoms with van der Waals surface area (Å²) in [6.45, 7) is 2.68. The number of rotatable bonds is 5. The zero-order valence-electron chi connectivity index (χ0n) is 15.0. The number of carbonyl (C=O) groups is 1. The van der Waals surface area contributed by atoms with E-state index in [2.05, 4.69) is 10.6 Å². The Morgan fingerprint density at radius 1 is 1.15 bits per heavy atom. The van der Waals surface area contributed by atoms with Crippen molar-refractivity contribution in [1.29, 1.82) is 0 Å². The van der Waals surface area contributed by atoms with Crippen LogP contribution in [0.1, 0.15) is 24.5 Å². The summed E-state index contributed by atoms with van der Waals surface area (Å²) in [5.74, 6) is 0.153. The second kappa shape index (κ2) is 8.29. The Kier molecular flexibility index (Phi) is 6.04. The van der Waals surface area contributed by atoms with Crippen molar-refractivity contribution in [2.75, 3.05) is 22.9 Å². The first-order valence-corrected chi connectivity index (χ1v) is 10.8. The van der Waals surface area contributed by atoms with Crippen LogP contribution in [0.4, 0.5) is 16.2 Å². The molecule has 3 rings (SSSR count). The molecule has 0 aromatic heterocycles. The van der Waals surface area contributed by atoms with Gasteiger partial charge in [0.05, 0.1) is 16.5 Å². The molecule has 0 aliphatic carbocycles. The van der Waals surface area contributed by atoms with Gasteiger partial charge in [0.1, 0.15) is 0 Å². The van der Waals surface area contributed by atoms with E-state index in [1.165, 1.54) is 4.31 Å². The highest BCUT2D eigenvalue weighted by molar-refractivity contribution is 7.89. The number of urea groups is 1. The number of benzene rings is 2. The number of para-hydroxylation sites is 1. The van der Waals surface area contributed by atoms with Crippen molar-refractivity contribution in [2.24, 2.45) is 0 Å². The van der Waals surface area contributed by atoms with E-state index < -0.39 is 16.1 Å². The number of nitrogens with zero attached hydrogens (tertiary/aromatic N) is 1. The summed E-state index contributed by atoms with van der Waals surface area (Å²) in [6.07, 6.45) is 1.26. The van der Waals surface area contributed by atoms with Crippen molar-refractivity contribution in [3.05, 3.63) is 58.6 Å². The molecule has 2 aromatic rings. The number of nitrogens with one attached hydrogen (secondary N) is 2. The fourth-order valence-corrected chi connectivity index (χ4v) is 4.74. The molecule has 0 fully saturated rings. The number of amides is 2. The highest BCUT2D eigenvalue weighted by atomic mass is 35.5. The second-order valence-electron chi connectivity index (χ2n) is 6.44. The van der Waals surface area contributed by atoms with Crippen LogP contribution in [-0.2, 0) is 23.0 Å². The number of hydrogen-bond acceptors (Lipinski definition) is 3. The van der Waals surface area contributed by atoms with Gasteiger partial charge in [-0.1, -0.05) is 36.7 Å². The smallest absolute Gasteiger partial charge is 0.308 e. The standard InChI is InChI=1S/C19H22ClN3O3S/c1-2-11-27(25,26)23-10-9-14-7-8-16(12-15(14)13-23)21-19(24)22-18-6-4-3-5-17(18)20/h3-8,12H,2,9-11,13H2,1H3,(H2,21,22,24). The Balaban J connectivity index is 1.71. The zero-order chi connectivity index (χ0) is 19.4. The summed E-state index contributed by atoms with van der Waals surface area (Å²) >= 11 is 6.05. The first kappa shape index (κ1) is 19.7. The Labute approximate surface area is 164 Å². The van der Waals surface area contributed by atoms with E-state index in [0.29, 0.717) is 42.3 Å². The van der Waals surface area contributed by atoms with Gasteiger partial charge < -0.3 is 10.6 Å². The summed E-state index contributed by atoms with van der Waals surface area (Å²) in [5, 5.41) is 5.92. The van der Waals surface area contributed by atoms with Gasteiger partial charge in [0.2, 0.25) is 10.0 Å². The Bertz CT molecular complexity index is 947. The monoisotopic (exact) mass is 407 g/mol. The maximum Gasteiger partial charge on any atom is 0.323 e. The molecule has 0 unspecified atom stereocenters. The molecule has 2 aromatic carbocycles. The van der Waals surface area contributed by atoms with E-state index in [-0.39, 0.29) is 5.75 Å². The van der Waals surface area contributed by atoms with Crippen LogP contribution in [0.15, 0.2) is 42.5 Å². The van der Waals surface area contributed by atoms with E-state index in [4.69, 9.17) is 11.6 Å². The number of fused-ring (bicyclic) bond motifs is 1. The lowest BCUT2D eigenvalue weighted by molar-refractivity contribution is 0.262. The molecule has 0 radical (unpaired) electrons. The Hall–Kier alpha value is -2.09. The first-order valence-electron chi connectivity index (χ1n) is 8.81. The number of hydrogen-bond donors (Lipinski definition) is 2. The summed E-state index contributed by atoms with van der Waals surface area (Å²) in [5.41, 5.74) is 3.14. The summed E-state index contributed by atoms with van der Waals surface area (Å²) in [4.78, 5) is 12.2. The van der Waals surface area contributed by atoms with Crippen LogP contribution < -0.4 is 10.6 Å². The molecule has 144 valence electrons. The van der Waals surface area contributed by atoms with Crippen LogP contribution in [0.2, 0.25) is 5.02 Å². The molecule has 8 heteroatoms. The summed E-state index contributed by atoms with van der Waals surface area (Å²) in [6, 6.07) is 12.2. The molecule has 0 saturated heterocycles. The van der Waals surface area contributed by atoms with Gasteiger partial charge in [-0.15, -0.1) is 0 Å². The van der Waals surface area contributed by atoms with Gasteiger partial charge in [0, 0.05) is 18.8 Å². The van der Waals surface area contributed by atoms with Crippen LogP contribution >= 0.6 is 11.6 Å². The molecular formula is C19H22ClN3O3S. The fraction of sp³-hybridized carbons (Fsp3) is 0.316. The molecule has 2 amide bonds. The third kappa shape index (κ3) is 4.80. The lowest BCUT2D eigenvalue weighted by Crippen LogP contribution is -2.37. The summed E-state index contributed by atoms with van der Waals surface area (Å²) < 4.78 is 26.2. The van der Waals surface area contributed by atoms with Crippen LogP contribution in [0.25, 0.3) is 0 Å². The van der Waals surface area contributed by atoms with Crippen molar-refractivity contribution in [1.82, 2.24) is 4.31 Å². The van der Waals surface area contributed by atoms with E-state index >= 15 is 0 Å². The number of sulfonamides is 1. The van der Waals surface area contributed by atoms with Gasteiger partial charge in [0.15, 0.2) is 0 Å². The largest absolute Gasteiger partial charge is 0.323 e. The third-order valence-corrected chi connectivity index (χ3v) is 6.77. The molecule has 0 bridgehead atoms. The van der Waals surface area contributed by atoms with E-state index in [0.717, 1.165) is 11.1 Å². The number of anilines is 2. The molecule has 0 saturated carbocycles. The fourth-order valence-electron chi connectivity index (χ4n) is 3.08. The Morgan fingerprint density at radius 3 is 2.67 bits per heavy atom. The molecule has 0 atom stereocenters. The summed E-state index contributed by atoms with van der Waals surface area (Å²) in [7, 11) is -3.24. The highest BCUT2D eigenvalue weighted by Crippen LogP contribution is 2.25. The molecule has 1 aliphatic heterocycles. The number of halogens is 1. The molecule has 27 heavy (non-hydrogen) atoms. The van der Waals surface area contributed by atoms with Crippen molar-refractivity contribution in [3.8, 4) is 0 Å². The van der Waals surface area contributed by atoms with Crippen molar-refractivity contribution >= 4 is 39.0 Å². The second-order valence-corrected chi connectivity index (χ2v) is 8.94. The average Bonchev–Trinajstić information content (AvgIpc) is 2.63. The minimum atomic E-state index is -3.24. The molecule has 2 N–H and O–H groups in total. The molecule has 6 nitrogen and oxygen atoms in total. The average molecular weight is 408 g/mol. The molecular weight excluding hydrogens is 386 g/mol. The topological polar surface area (TPSA) is 78.5 Å². The maximum atomic E-state index is 12.3. The minimum absolute atomic E-state index is 0.153. The Morgan fingerprint density at radius 2 is 1.93 bits per heavy atom. The zero-order valence-corrected chi connectivity index (χ0v) is 16.6. The van der Waals surface area contributed by atoms with Crippen LogP contribution in [0, 0.1) is 0 Å². The normalized spacial score (nSPS) is 14.4. The van der Waals surface area contributed by atoms with Gasteiger partial charge >= 0.3 is 6.03 Å². The van der Waals surface area contributed by atoms with Gasteiger partial charge in [-0.2, -0.15) is 4.31 Å². The van der Waals surface area contributed by atoms with Crippen molar-refractivity contribution in [3.63, 3.8) is 0 Å². The molecule has 0 spiro atoms. The minimum Gasteiger partial charge on any atom is -0.308 e. The lowest BCUT2D eigenvalue weighted by Gasteiger charge is -2.28. The molecule has 1 heterocycles. The van der Waals surface area contributed by atoms with Crippen LogP contribution in [0.5, 0.6) is 0 Å². The predicted molar refractivity (Wildman–Crippen MR) is 109 cm³/mol. The highest BCUT2D eigenvalue weighted by Gasteiger charge is 2.26. The van der Waals surface area contributed by atoms with Crippen molar-refractivity contribution in [2.45, 2.75) is 26.3 Å². The van der Waals surface area contributed by atoms with E-state index in [1.54, 1.807) is 24.3 Å². The quantitative estimate of drug-likeness (QED) is 0.783. The van der Waals surface area contributed by atoms with Crippen molar-refractivity contribution < 1.29 is 13.2 Å². The van der Waals surface area contributed by atoms with E-state index in [9.17, 15) is 13.2 Å². The predicted octanol–water partition coefficient (Wildman–Crippen LogP) is 4.08. The molecule has 1 aliphatic rings.